The molecule has 3 nitrogen and oxygen atoms in total. The van der Waals surface area contributed by atoms with E-state index in [4.69, 9.17) is 5.73 Å². The number of aryl methyl sites for hydroxylation is 1. The maximum absolute atomic E-state index is 6.17. The number of likely N-dealkylation sites (N-methyl/N-ethyl adjacent to an activating group) is 1. The normalized spacial score (nSPS) is 26.8. The van der Waals surface area contributed by atoms with Crippen molar-refractivity contribution in [2.75, 3.05) is 13.6 Å². The summed E-state index contributed by atoms with van der Waals surface area (Å²) in [6.45, 7) is 8.58. The Balaban J connectivity index is 2.14. The molecule has 0 radical (unpaired) electrons. The second-order valence-corrected chi connectivity index (χ2v) is 7.78. The number of hydrogen-bond donors (Lipinski definition) is 1. The molecule has 1 unspecified atom stereocenters. The van der Waals surface area contributed by atoms with Gasteiger partial charge in [-0.2, -0.15) is 0 Å². The summed E-state index contributed by atoms with van der Waals surface area (Å²) in [6, 6.07) is 0. The lowest BCUT2D eigenvalue weighted by Gasteiger charge is -2.49. The van der Waals surface area contributed by atoms with Gasteiger partial charge in [-0.25, -0.2) is 4.98 Å². The van der Waals surface area contributed by atoms with E-state index in [1.807, 2.05) is 5.51 Å². The van der Waals surface area contributed by atoms with Crippen LogP contribution >= 0.6 is 11.3 Å². The second-order valence-electron chi connectivity index (χ2n) is 6.84. The Morgan fingerprint density at radius 3 is 2.68 bits per heavy atom. The number of aromatic nitrogens is 1. The van der Waals surface area contributed by atoms with Crippen LogP contribution in [0, 0.1) is 12.3 Å². The van der Waals surface area contributed by atoms with Crippen LogP contribution in [-0.4, -0.2) is 29.0 Å². The van der Waals surface area contributed by atoms with Gasteiger partial charge in [0.15, 0.2) is 0 Å². The molecule has 1 heterocycles. The van der Waals surface area contributed by atoms with E-state index in [9.17, 15) is 0 Å². The van der Waals surface area contributed by atoms with Gasteiger partial charge in [0.05, 0.1) is 11.2 Å². The van der Waals surface area contributed by atoms with Crippen molar-refractivity contribution in [2.45, 2.75) is 58.5 Å². The minimum absolute atomic E-state index is 0.165. The van der Waals surface area contributed by atoms with Crippen LogP contribution in [0.1, 0.15) is 50.1 Å². The maximum Gasteiger partial charge on any atom is 0.0798 e. The molecule has 1 aromatic rings. The average molecular weight is 281 g/mol. The zero-order valence-corrected chi connectivity index (χ0v) is 13.5. The predicted octanol–water partition coefficient (Wildman–Crippen LogP) is 3.18. The quantitative estimate of drug-likeness (QED) is 0.921. The van der Waals surface area contributed by atoms with E-state index < -0.39 is 0 Å². The van der Waals surface area contributed by atoms with E-state index in [1.165, 1.54) is 36.3 Å². The highest BCUT2D eigenvalue weighted by molar-refractivity contribution is 7.09. The topological polar surface area (TPSA) is 42.2 Å². The van der Waals surface area contributed by atoms with E-state index in [0.717, 1.165) is 13.1 Å². The molecule has 1 aromatic heterocycles. The largest absolute Gasteiger partial charge is 0.329 e. The van der Waals surface area contributed by atoms with Crippen LogP contribution in [0.25, 0.3) is 0 Å². The molecule has 1 fully saturated rings. The Labute approximate surface area is 121 Å². The molecule has 1 saturated carbocycles. The van der Waals surface area contributed by atoms with E-state index >= 15 is 0 Å². The van der Waals surface area contributed by atoms with Crippen LogP contribution in [0.2, 0.25) is 0 Å². The third-order valence-electron chi connectivity index (χ3n) is 4.72. The first-order valence-corrected chi connectivity index (χ1v) is 8.07. The molecule has 2 rings (SSSR count). The molecule has 0 aromatic carbocycles. The molecule has 108 valence electrons. The lowest BCUT2D eigenvalue weighted by molar-refractivity contribution is 0.0228. The molecule has 1 aliphatic carbocycles. The smallest absolute Gasteiger partial charge is 0.0798 e. The Morgan fingerprint density at radius 1 is 1.42 bits per heavy atom. The van der Waals surface area contributed by atoms with Crippen molar-refractivity contribution in [1.82, 2.24) is 9.88 Å². The fraction of sp³-hybridized carbons (Fsp3) is 0.800. The molecule has 2 N–H and O–H groups in total. The van der Waals surface area contributed by atoms with Crippen LogP contribution in [0.4, 0.5) is 0 Å². The summed E-state index contributed by atoms with van der Waals surface area (Å²) in [4.78, 5) is 8.21. The van der Waals surface area contributed by atoms with Crippen LogP contribution in [0.3, 0.4) is 0 Å². The van der Waals surface area contributed by atoms with Gasteiger partial charge in [0.25, 0.3) is 0 Å². The molecule has 4 heteroatoms. The zero-order chi connectivity index (χ0) is 14.1. The number of rotatable bonds is 4. The highest BCUT2D eigenvalue weighted by atomic mass is 32.1. The third-order valence-corrected chi connectivity index (χ3v) is 5.64. The second kappa shape index (κ2) is 5.51. The summed E-state index contributed by atoms with van der Waals surface area (Å²) < 4.78 is 0. The molecule has 0 saturated heterocycles. The molecule has 1 atom stereocenters. The van der Waals surface area contributed by atoms with Gasteiger partial charge in [-0.05, 0) is 38.6 Å². The minimum Gasteiger partial charge on any atom is -0.329 e. The fourth-order valence-electron chi connectivity index (χ4n) is 3.48. The van der Waals surface area contributed by atoms with Crippen LogP contribution in [-0.2, 0) is 6.54 Å². The molecule has 0 spiro atoms. The van der Waals surface area contributed by atoms with Crippen molar-refractivity contribution in [3.05, 3.63) is 16.1 Å². The summed E-state index contributed by atoms with van der Waals surface area (Å²) in [7, 11) is 2.23. The first kappa shape index (κ1) is 14.9. The van der Waals surface area contributed by atoms with Gasteiger partial charge in [-0.3, -0.25) is 4.90 Å². The number of nitrogens with two attached hydrogens (primary N) is 1. The molecule has 0 bridgehead atoms. The van der Waals surface area contributed by atoms with Crippen LogP contribution in [0.15, 0.2) is 5.51 Å². The number of nitrogens with zero attached hydrogens (tertiary/aromatic N) is 2. The van der Waals surface area contributed by atoms with Gasteiger partial charge in [0.1, 0.15) is 0 Å². The SMILES string of the molecule is Cc1ncsc1CN(C)C1(CN)CCCC(C)(C)C1. The van der Waals surface area contributed by atoms with Crippen molar-refractivity contribution in [2.24, 2.45) is 11.1 Å². The Kier molecular flexibility index (Phi) is 4.33. The van der Waals surface area contributed by atoms with E-state index in [1.54, 1.807) is 11.3 Å². The molecule has 0 aliphatic heterocycles. The summed E-state index contributed by atoms with van der Waals surface area (Å²) in [6.07, 6.45) is 5.03. The minimum atomic E-state index is 0.165. The first-order valence-electron chi connectivity index (χ1n) is 7.19. The molecule has 1 aliphatic rings. The molecular weight excluding hydrogens is 254 g/mol. The molecule has 0 amide bonds. The summed E-state index contributed by atoms with van der Waals surface area (Å²) in [5, 5.41) is 0. The van der Waals surface area contributed by atoms with Gasteiger partial charge in [0, 0.05) is 23.5 Å². The fourth-order valence-corrected chi connectivity index (χ4v) is 4.31. The number of hydrogen-bond acceptors (Lipinski definition) is 4. The highest BCUT2D eigenvalue weighted by Crippen LogP contribution is 2.43. The summed E-state index contributed by atoms with van der Waals surface area (Å²) in [5.41, 5.74) is 9.86. The number of thiazole rings is 1. The lowest BCUT2D eigenvalue weighted by Crippen LogP contribution is -2.55. The van der Waals surface area contributed by atoms with Crippen molar-refractivity contribution < 1.29 is 0 Å². The van der Waals surface area contributed by atoms with Gasteiger partial charge in [0.2, 0.25) is 0 Å². The molecular formula is C15H27N3S. The first-order chi connectivity index (χ1) is 8.88. The maximum atomic E-state index is 6.17. The monoisotopic (exact) mass is 281 g/mol. The third kappa shape index (κ3) is 3.18. The van der Waals surface area contributed by atoms with Crippen molar-refractivity contribution in [3.8, 4) is 0 Å². The summed E-state index contributed by atoms with van der Waals surface area (Å²) in [5.74, 6) is 0. The average Bonchev–Trinajstić information content (AvgIpc) is 2.73. The highest BCUT2D eigenvalue weighted by Gasteiger charge is 2.41. The predicted molar refractivity (Wildman–Crippen MR) is 82.4 cm³/mol. The van der Waals surface area contributed by atoms with Crippen molar-refractivity contribution in [3.63, 3.8) is 0 Å². The summed E-state index contributed by atoms with van der Waals surface area (Å²) >= 11 is 1.76. The van der Waals surface area contributed by atoms with Crippen molar-refractivity contribution >= 4 is 11.3 Å². The van der Waals surface area contributed by atoms with E-state index in [2.05, 4.69) is 37.7 Å². The Morgan fingerprint density at radius 2 is 2.16 bits per heavy atom. The van der Waals surface area contributed by atoms with Gasteiger partial charge >= 0.3 is 0 Å². The van der Waals surface area contributed by atoms with E-state index in [0.29, 0.717) is 5.41 Å². The van der Waals surface area contributed by atoms with Crippen LogP contribution in [0.5, 0.6) is 0 Å². The zero-order valence-electron chi connectivity index (χ0n) is 12.7. The van der Waals surface area contributed by atoms with Gasteiger partial charge < -0.3 is 5.73 Å². The Bertz CT molecular complexity index is 427. The van der Waals surface area contributed by atoms with Gasteiger partial charge in [-0.15, -0.1) is 11.3 Å². The Hall–Kier alpha value is -0.450. The standard InChI is InChI=1S/C15H27N3S/c1-12-13(19-11-17-12)8-18(4)15(10-16)7-5-6-14(2,3)9-15/h11H,5-10,16H2,1-4H3. The van der Waals surface area contributed by atoms with Crippen molar-refractivity contribution in [1.29, 1.82) is 0 Å². The molecule has 19 heavy (non-hydrogen) atoms. The van der Waals surface area contributed by atoms with E-state index in [-0.39, 0.29) is 5.54 Å². The lowest BCUT2D eigenvalue weighted by atomic mass is 9.67. The van der Waals surface area contributed by atoms with Crippen LogP contribution < -0.4 is 5.73 Å². The van der Waals surface area contributed by atoms with Gasteiger partial charge in [-0.1, -0.05) is 20.3 Å².